The summed E-state index contributed by atoms with van der Waals surface area (Å²) in [7, 11) is -3.18. The fraction of sp³-hybridized carbons (Fsp3) is 0.588. The maximum atomic E-state index is 12.0. The van der Waals surface area contributed by atoms with Crippen LogP contribution in [-0.2, 0) is 27.8 Å². The minimum Gasteiger partial charge on any atom is -0.326 e. The first-order valence-corrected chi connectivity index (χ1v) is 9.61. The zero-order chi connectivity index (χ0) is 17.3. The Balaban J connectivity index is 2.13. The summed E-state index contributed by atoms with van der Waals surface area (Å²) in [4.78, 5) is 12.0. The van der Waals surface area contributed by atoms with E-state index in [1.54, 1.807) is 6.92 Å². The van der Waals surface area contributed by atoms with Gasteiger partial charge < -0.3 is 5.32 Å². The van der Waals surface area contributed by atoms with Crippen molar-refractivity contribution in [2.24, 2.45) is 5.41 Å². The Morgan fingerprint density at radius 2 is 1.96 bits per heavy atom. The molecule has 1 heterocycles. The van der Waals surface area contributed by atoms with Crippen molar-refractivity contribution in [3.05, 3.63) is 29.3 Å². The quantitative estimate of drug-likeness (QED) is 0.918. The van der Waals surface area contributed by atoms with Gasteiger partial charge in [-0.1, -0.05) is 26.8 Å². The van der Waals surface area contributed by atoms with Crippen molar-refractivity contribution in [2.45, 2.75) is 47.1 Å². The van der Waals surface area contributed by atoms with Crippen LogP contribution in [0.4, 0.5) is 5.69 Å². The molecule has 0 spiro atoms. The number of anilines is 1. The molecule has 0 bridgehead atoms. The summed E-state index contributed by atoms with van der Waals surface area (Å²) in [6.07, 6.45) is 1.16. The summed E-state index contributed by atoms with van der Waals surface area (Å²) in [5.74, 6) is 0.0935. The van der Waals surface area contributed by atoms with Crippen LogP contribution in [0.25, 0.3) is 0 Å². The number of hydrogen-bond acceptors (Lipinski definition) is 3. The minimum absolute atomic E-state index is 0.0219. The number of carbonyl (C=O) groups is 1. The van der Waals surface area contributed by atoms with E-state index < -0.39 is 10.0 Å². The van der Waals surface area contributed by atoms with Crippen LogP contribution in [0.2, 0.25) is 0 Å². The maximum Gasteiger partial charge on any atom is 0.224 e. The van der Waals surface area contributed by atoms with Crippen molar-refractivity contribution in [1.29, 1.82) is 0 Å². The molecule has 128 valence electrons. The van der Waals surface area contributed by atoms with Gasteiger partial charge in [-0.25, -0.2) is 8.42 Å². The van der Waals surface area contributed by atoms with Gasteiger partial charge in [0.1, 0.15) is 0 Å². The van der Waals surface area contributed by atoms with Crippen LogP contribution >= 0.6 is 0 Å². The highest BCUT2D eigenvalue weighted by Crippen LogP contribution is 2.25. The molecule has 0 radical (unpaired) electrons. The molecule has 23 heavy (non-hydrogen) atoms. The molecule has 0 aromatic heterocycles. The summed E-state index contributed by atoms with van der Waals surface area (Å²) in [6.45, 7) is 8.63. The van der Waals surface area contributed by atoms with Gasteiger partial charge in [-0.15, -0.1) is 0 Å². The van der Waals surface area contributed by atoms with Crippen molar-refractivity contribution in [3.63, 3.8) is 0 Å². The van der Waals surface area contributed by atoms with Gasteiger partial charge in [0.15, 0.2) is 0 Å². The van der Waals surface area contributed by atoms with E-state index in [0.29, 0.717) is 25.9 Å². The third-order valence-corrected chi connectivity index (χ3v) is 5.74. The number of benzene rings is 1. The van der Waals surface area contributed by atoms with Crippen LogP contribution in [-0.4, -0.2) is 30.9 Å². The largest absolute Gasteiger partial charge is 0.326 e. The molecule has 1 aliphatic heterocycles. The van der Waals surface area contributed by atoms with E-state index in [-0.39, 0.29) is 17.1 Å². The molecule has 1 amide bonds. The van der Waals surface area contributed by atoms with E-state index in [9.17, 15) is 13.2 Å². The summed E-state index contributed by atoms with van der Waals surface area (Å²) in [5, 5.41) is 2.91. The molecule has 0 aliphatic carbocycles. The van der Waals surface area contributed by atoms with Gasteiger partial charge in [0.2, 0.25) is 15.9 Å². The van der Waals surface area contributed by atoms with Gasteiger partial charge in [-0.2, -0.15) is 4.31 Å². The van der Waals surface area contributed by atoms with Gasteiger partial charge in [0, 0.05) is 25.2 Å². The first-order chi connectivity index (χ1) is 10.6. The lowest BCUT2D eigenvalue weighted by atomic mass is 9.92. The molecule has 1 aromatic rings. The summed E-state index contributed by atoms with van der Waals surface area (Å²) < 4.78 is 25.6. The van der Waals surface area contributed by atoms with Gasteiger partial charge in [-0.05, 0) is 42.0 Å². The summed E-state index contributed by atoms with van der Waals surface area (Å²) in [6, 6.07) is 5.77. The molecule has 0 saturated heterocycles. The van der Waals surface area contributed by atoms with Crippen LogP contribution in [0.5, 0.6) is 0 Å². The van der Waals surface area contributed by atoms with E-state index in [2.05, 4.69) is 5.32 Å². The van der Waals surface area contributed by atoms with Crippen molar-refractivity contribution >= 4 is 21.6 Å². The first-order valence-electron chi connectivity index (χ1n) is 8.00. The molecule has 6 heteroatoms. The normalized spacial score (nSPS) is 16.0. The number of nitrogens with zero attached hydrogens (tertiary/aromatic N) is 1. The fourth-order valence-electron chi connectivity index (χ4n) is 2.72. The third kappa shape index (κ3) is 4.78. The Bertz CT molecular complexity index is 690. The number of carbonyl (C=O) groups excluding carboxylic acids is 1. The number of sulfonamides is 1. The van der Waals surface area contributed by atoms with Crippen molar-refractivity contribution in [2.75, 3.05) is 17.6 Å². The van der Waals surface area contributed by atoms with Gasteiger partial charge in [0.25, 0.3) is 0 Å². The van der Waals surface area contributed by atoms with Gasteiger partial charge in [0.05, 0.1) is 5.75 Å². The number of hydrogen-bond donors (Lipinski definition) is 1. The average Bonchev–Trinajstić information content (AvgIpc) is 2.44. The third-order valence-electron chi connectivity index (χ3n) is 3.92. The highest BCUT2D eigenvalue weighted by atomic mass is 32.2. The van der Waals surface area contributed by atoms with Gasteiger partial charge in [-0.3, -0.25) is 4.79 Å². The van der Waals surface area contributed by atoms with E-state index >= 15 is 0 Å². The zero-order valence-electron chi connectivity index (χ0n) is 14.3. The van der Waals surface area contributed by atoms with Crippen LogP contribution < -0.4 is 5.32 Å². The Hall–Kier alpha value is -1.40. The number of nitrogens with one attached hydrogen (secondary N) is 1. The van der Waals surface area contributed by atoms with E-state index in [1.165, 1.54) is 4.31 Å². The summed E-state index contributed by atoms with van der Waals surface area (Å²) in [5.41, 5.74) is 2.79. The Labute approximate surface area is 139 Å². The molecule has 5 nitrogen and oxygen atoms in total. The standard InChI is InChI=1S/C17H26N2O3S/c1-5-23(21,22)19-9-8-13-6-7-15(10-14(13)12-19)18-16(20)11-17(2,3)4/h6-7,10H,5,8-9,11-12H2,1-4H3,(H,18,20). The molecule has 1 aliphatic rings. The lowest BCUT2D eigenvalue weighted by molar-refractivity contribution is -0.117. The monoisotopic (exact) mass is 338 g/mol. The van der Waals surface area contributed by atoms with E-state index in [1.807, 2.05) is 39.0 Å². The number of rotatable bonds is 4. The predicted molar refractivity (Wildman–Crippen MR) is 92.7 cm³/mol. The SMILES string of the molecule is CCS(=O)(=O)N1CCc2ccc(NC(=O)CC(C)(C)C)cc2C1. The average molecular weight is 338 g/mol. The molecule has 0 unspecified atom stereocenters. The van der Waals surface area contributed by atoms with Crippen molar-refractivity contribution in [1.82, 2.24) is 4.31 Å². The second-order valence-corrected chi connectivity index (χ2v) is 9.51. The van der Waals surface area contributed by atoms with Crippen LogP contribution in [0, 0.1) is 5.41 Å². The Morgan fingerprint density at radius 3 is 2.57 bits per heavy atom. The minimum atomic E-state index is -3.18. The van der Waals surface area contributed by atoms with E-state index in [4.69, 9.17) is 0 Å². The fourth-order valence-corrected chi connectivity index (χ4v) is 3.79. The predicted octanol–water partition coefficient (Wildman–Crippen LogP) is 2.77. The zero-order valence-corrected chi connectivity index (χ0v) is 15.2. The topological polar surface area (TPSA) is 66.5 Å². The lowest BCUT2D eigenvalue weighted by Crippen LogP contribution is -2.36. The second-order valence-electron chi connectivity index (χ2n) is 7.25. The van der Waals surface area contributed by atoms with Crippen molar-refractivity contribution in [3.8, 4) is 0 Å². The van der Waals surface area contributed by atoms with Crippen LogP contribution in [0.3, 0.4) is 0 Å². The molecular weight excluding hydrogens is 312 g/mol. The molecule has 0 saturated carbocycles. The Kier molecular flexibility index (Phi) is 5.16. The Morgan fingerprint density at radius 1 is 1.26 bits per heavy atom. The molecular formula is C17H26N2O3S. The molecule has 0 fully saturated rings. The number of fused-ring (bicyclic) bond motifs is 1. The molecule has 0 atom stereocenters. The second kappa shape index (κ2) is 6.61. The van der Waals surface area contributed by atoms with Crippen molar-refractivity contribution < 1.29 is 13.2 Å². The molecule has 1 N–H and O–H groups in total. The number of amides is 1. The van der Waals surface area contributed by atoms with E-state index in [0.717, 1.165) is 16.8 Å². The highest BCUT2D eigenvalue weighted by molar-refractivity contribution is 7.89. The first kappa shape index (κ1) is 17.9. The van der Waals surface area contributed by atoms with Crippen LogP contribution in [0.15, 0.2) is 18.2 Å². The maximum absolute atomic E-state index is 12.0. The molecule has 2 rings (SSSR count). The lowest BCUT2D eigenvalue weighted by Gasteiger charge is -2.28. The smallest absolute Gasteiger partial charge is 0.224 e. The summed E-state index contributed by atoms with van der Waals surface area (Å²) >= 11 is 0. The van der Waals surface area contributed by atoms with Gasteiger partial charge >= 0.3 is 0 Å². The van der Waals surface area contributed by atoms with Crippen LogP contribution in [0.1, 0.15) is 45.2 Å². The molecule has 1 aromatic carbocycles. The highest BCUT2D eigenvalue weighted by Gasteiger charge is 2.25.